The van der Waals surface area contributed by atoms with Gasteiger partial charge in [0.25, 0.3) is 5.91 Å². The first-order chi connectivity index (χ1) is 8.70. The highest BCUT2D eigenvalue weighted by Gasteiger charge is 2.33. The molecule has 1 saturated heterocycles. The maximum atomic E-state index is 12.0. The van der Waals surface area contributed by atoms with E-state index < -0.39 is 31.0 Å². The van der Waals surface area contributed by atoms with E-state index in [2.05, 4.69) is 0 Å². The van der Waals surface area contributed by atoms with Crippen LogP contribution in [-0.2, 0) is 14.3 Å². The number of rotatable bonds is 3. The van der Waals surface area contributed by atoms with Crippen LogP contribution in [0.4, 0.5) is 13.2 Å². The van der Waals surface area contributed by atoms with Crippen LogP contribution in [0.5, 0.6) is 0 Å². The molecule has 1 heterocycles. The van der Waals surface area contributed by atoms with Gasteiger partial charge in [-0.15, -0.1) is 0 Å². The molecule has 0 aliphatic carbocycles. The molecule has 0 bridgehead atoms. The minimum absolute atomic E-state index is 0.00764. The number of hydrogen-bond acceptors (Lipinski definition) is 3. The van der Waals surface area contributed by atoms with Crippen LogP contribution < -0.4 is 0 Å². The van der Waals surface area contributed by atoms with E-state index in [1.807, 2.05) is 0 Å². The quantitative estimate of drug-likeness (QED) is 0.763. The van der Waals surface area contributed by atoms with Gasteiger partial charge < -0.3 is 14.5 Å². The summed E-state index contributed by atoms with van der Waals surface area (Å²) in [4.78, 5) is 25.9. The average molecular weight is 282 g/mol. The van der Waals surface area contributed by atoms with E-state index >= 15 is 0 Å². The largest absolute Gasteiger partial charge is 0.389 e. The Kier molecular flexibility index (Phi) is 5.16. The molecule has 0 saturated carbocycles. The summed E-state index contributed by atoms with van der Waals surface area (Å²) < 4.78 is 41.3. The predicted molar refractivity (Wildman–Crippen MR) is 60.3 cm³/mol. The average Bonchev–Trinajstić information content (AvgIpc) is 2.34. The van der Waals surface area contributed by atoms with E-state index in [1.165, 1.54) is 9.80 Å². The number of alkyl halides is 3. The highest BCUT2D eigenvalue weighted by molar-refractivity contribution is 5.82. The number of carbonyl (C=O) groups is 2. The van der Waals surface area contributed by atoms with Gasteiger partial charge in [-0.3, -0.25) is 9.59 Å². The van der Waals surface area contributed by atoms with E-state index in [0.717, 1.165) is 0 Å². The van der Waals surface area contributed by atoms with Gasteiger partial charge in [0.2, 0.25) is 5.91 Å². The Hall–Kier alpha value is -1.31. The molecule has 110 valence electrons. The lowest BCUT2D eigenvalue weighted by atomic mass is 10.2. The zero-order valence-electron chi connectivity index (χ0n) is 10.9. The van der Waals surface area contributed by atoms with Crippen LogP contribution in [0.15, 0.2) is 0 Å². The van der Waals surface area contributed by atoms with Crippen LogP contribution in [0.2, 0.25) is 0 Å². The molecular formula is C11H17F3N2O3. The first-order valence-corrected chi connectivity index (χ1v) is 5.88. The van der Waals surface area contributed by atoms with Crippen molar-refractivity contribution in [3.63, 3.8) is 0 Å². The molecule has 8 heteroatoms. The third kappa shape index (κ3) is 5.06. The Bertz CT molecular complexity index is 345. The monoisotopic (exact) mass is 282 g/mol. The van der Waals surface area contributed by atoms with E-state index in [4.69, 9.17) is 4.74 Å². The molecule has 1 aliphatic rings. The molecular weight excluding hydrogens is 265 g/mol. The zero-order chi connectivity index (χ0) is 14.6. The summed E-state index contributed by atoms with van der Waals surface area (Å²) in [5, 5.41) is 0. The zero-order valence-corrected chi connectivity index (χ0v) is 10.9. The molecule has 1 atom stereocenters. The SMILES string of the molecule is CN(C)C(=O)C1CN(C(=O)CCC(F)(F)F)CCO1. The molecule has 5 nitrogen and oxygen atoms in total. The number of likely N-dealkylation sites (N-methyl/N-ethyl adjacent to an activating group) is 1. The smallest absolute Gasteiger partial charge is 0.365 e. The number of carbonyl (C=O) groups excluding carboxylic acids is 2. The number of amides is 2. The van der Waals surface area contributed by atoms with E-state index in [-0.39, 0.29) is 25.6 Å². The number of nitrogens with zero attached hydrogens (tertiary/aromatic N) is 2. The summed E-state index contributed by atoms with van der Waals surface area (Å²) in [5.41, 5.74) is 0. The highest BCUT2D eigenvalue weighted by atomic mass is 19.4. The van der Waals surface area contributed by atoms with E-state index in [0.29, 0.717) is 0 Å². The molecule has 0 aromatic rings. The summed E-state index contributed by atoms with van der Waals surface area (Å²) in [7, 11) is 3.10. The molecule has 1 rings (SSSR count). The van der Waals surface area contributed by atoms with Crippen molar-refractivity contribution in [3.05, 3.63) is 0 Å². The van der Waals surface area contributed by atoms with Crippen LogP contribution in [0.25, 0.3) is 0 Å². The topological polar surface area (TPSA) is 49.9 Å². The summed E-state index contributed by atoms with van der Waals surface area (Å²) in [6.07, 6.45) is -6.87. The van der Waals surface area contributed by atoms with Crippen molar-refractivity contribution in [2.24, 2.45) is 0 Å². The standard InChI is InChI=1S/C11H17F3N2O3/c1-15(2)10(18)8-7-16(5-6-19-8)9(17)3-4-11(12,13)14/h8H,3-7H2,1-2H3. The third-order valence-electron chi connectivity index (χ3n) is 2.76. The first-order valence-electron chi connectivity index (χ1n) is 5.88. The third-order valence-corrected chi connectivity index (χ3v) is 2.76. The molecule has 1 aliphatic heterocycles. The lowest BCUT2D eigenvalue weighted by molar-refractivity contribution is -0.158. The van der Waals surface area contributed by atoms with Crippen molar-refractivity contribution in [1.29, 1.82) is 0 Å². The minimum Gasteiger partial charge on any atom is -0.365 e. The molecule has 0 aromatic carbocycles. The molecule has 0 aromatic heterocycles. The van der Waals surface area contributed by atoms with E-state index in [9.17, 15) is 22.8 Å². The number of ether oxygens (including phenoxy) is 1. The Labute approximate surface area is 109 Å². The lowest BCUT2D eigenvalue weighted by Crippen LogP contribution is -2.51. The van der Waals surface area contributed by atoms with Crippen molar-refractivity contribution in [3.8, 4) is 0 Å². The minimum atomic E-state index is -4.35. The molecule has 0 spiro atoms. The van der Waals surface area contributed by atoms with Gasteiger partial charge in [0.15, 0.2) is 6.10 Å². The van der Waals surface area contributed by atoms with Gasteiger partial charge in [-0.2, -0.15) is 13.2 Å². The van der Waals surface area contributed by atoms with Crippen molar-refractivity contribution < 1.29 is 27.5 Å². The first kappa shape index (κ1) is 15.7. The summed E-state index contributed by atoms with van der Waals surface area (Å²) >= 11 is 0. The molecule has 1 fully saturated rings. The number of morpholine rings is 1. The van der Waals surface area contributed by atoms with Gasteiger partial charge in [0.1, 0.15) is 0 Å². The van der Waals surface area contributed by atoms with Crippen molar-refractivity contribution >= 4 is 11.8 Å². The summed E-state index contributed by atoms with van der Waals surface area (Å²) in [6, 6.07) is 0. The van der Waals surface area contributed by atoms with Gasteiger partial charge in [-0.1, -0.05) is 0 Å². The van der Waals surface area contributed by atoms with Crippen LogP contribution in [-0.4, -0.2) is 67.7 Å². The number of halogens is 3. The summed E-state index contributed by atoms with van der Waals surface area (Å²) in [6.45, 7) is 0.379. The second kappa shape index (κ2) is 6.23. The fourth-order valence-electron chi connectivity index (χ4n) is 1.72. The van der Waals surface area contributed by atoms with Crippen molar-refractivity contribution in [2.45, 2.75) is 25.1 Å². The van der Waals surface area contributed by atoms with Crippen molar-refractivity contribution in [1.82, 2.24) is 9.80 Å². The maximum Gasteiger partial charge on any atom is 0.389 e. The summed E-state index contributed by atoms with van der Waals surface area (Å²) in [5.74, 6) is -0.898. The Morgan fingerprint density at radius 2 is 2.00 bits per heavy atom. The fourth-order valence-corrected chi connectivity index (χ4v) is 1.72. The van der Waals surface area contributed by atoms with Crippen molar-refractivity contribution in [2.75, 3.05) is 33.8 Å². The molecule has 1 unspecified atom stereocenters. The predicted octanol–water partition coefficient (Wildman–Crippen LogP) is 0.644. The Morgan fingerprint density at radius 1 is 1.37 bits per heavy atom. The Morgan fingerprint density at radius 3 is 2.53 bits per heavy atom. The molecule has 0 radical (unpaired) electrons. The normalized spacial score (nSPS) is 20.3. The highest BCUT2D eigenvalue weighted by Crippen LogP contribution is 2.22. The van der Waals surface area contributed by atoms with Crippen LogP contribution in [0.1, 0.15) is 12.8 Å². The van der Waals surface area contributed by atoms with Gasteiger partial charge >= 0.3 is 6.18 Å². The van der Waals surface area contributed by atoms with Crippen LogP contribution >= 0.6 is 0 Å². The van der Waals surface area contributed by atoms with Gasteiger partial charge in [0, 0.05) is 27.1 Å². The second-order valence-corrected chi connectivity index (χ2v) is 4.55. The molecule has 19 heavy (non-hydrogen) atoms. The van der Waals surface area contributed by atoms with Gasteiger partial charge in [0.05, 0.1) is 19.6 Å². The van der Waals surface area contributed by atoms with Gasteiger partial charge in [-0.05, 0) is 0 Å². The lowest BCUT2D eigenvalue weighted by Gasteiger charge is -2.33. The second-order valence-electron chi connectivity index (χ2n) is 4.55. The van der Waals surface area contributed by atoms with Crippen LogP contribution in [0.3, 0.4) is 0 Å². The maximum absolute atomic E-state index is 12.0. The molecule has 2 amide bonds. The molecule has 0 N–H and O–H groups in total. The van der Waals surface area contributed by atoms with Crippen LogP contribution in [0, 0.1) is 0 Å². The Balaban J connectivity index is 2.50. The van der Waals surface area contributed by atoms with E-state index in [1.54, 1.807) is 14.1 Å². The number of hydrogen-bond donors (Lipinski definition) is 0. The fraction of sp³-hybridized carbons (Fsp3) is 0.818. The van der Waals surface area contributed by atoms with Gasteiger partial charge in [-0.25, -0.2) is 0 Å².